The molecule has 11 heteroatoms. The van der Waals surface area contributed by atoms with Crippen LogP contribution in [0.25, 0.3) is 0 Å². The van der Waals surface area contributed by atoms with Gasteiger partial charge in [0.1, 0.15) is 11.7 Å². The van der Waals surface area contributed by atoms with Gasteiger partial charge in [0.2, 0.25) is 0 Å². The molecule has 2 aromatic heterocycles. The average Bonchev–Trinajstić information content (AvgIpc) is 2.72. The molecule has 0 aliphatic carbocycles. The molecular formula is C22H29F2N7O2. The molecule has 1 amide bonds. The van der Waals surface area contributed by atoms with Gasteiger partial charge in [-0.3, -0.25) is 0 Å². The lowest BCUT2D eigenvalue weighted by Gasteiger charge is -2.27. The minimum atomic E-state index is -0.741. The predicted molar refractivity (Wildman–Crippen MR) is 122 cm³/mol. The number of carbonyl (C=O) groups is 1. The van der Waals surface area contributed by atoms with Gasteiger partial charge in [0.15, 0.2) is 29.1 Å². The summed E-state index contributed by atoms with van der Waals surface area (Å²) in [7, 11) is 1.54. The number of anilines is 4. The maximum absolute atomic E-state index is 14.7. The molecule has 2 aromatic rings. The minimum Gasteiger partial charge on any atom is -0.444 e. The van der Waals surface area contributed by atoms with Gasteiger partial charge in [-0.25, -0.2) is 23.5 Å². The first-order valence-electron chi connectivity index (χ1n) is 10.4. The fourth-order valence-corrected chi connectivity index (χ4v) is 2.95. The van der Waals surface area contributed by atoms with E-state index in [-0.39, 0.29) is 28.7 Å². The van der Waals surface area contributed by atoms with Crippen LogP contribution in [0.1, 0.15) is 46.6 Å². The quantitative estimate of drug-likeness (QED) is 0.453. The van der Waals surface area contributed by atoms with Gasteiger partial charge in [0.25, 0.3) is 0 Å². The normalized spacial score (nSPS) is 12.8. The number of nitrogens with zero attached hydrogens (tertiary/aromatic N) is 3. The molecule has 0 spiro atoms. The third-order valence-electron chi connectivity index (χ3n) is 4.55. The molecule has 0 saturated carbocycles. The molecule has 0 unspecified atom stereocenters. The highest BCUT2D eigenvalue weighted by atomic mass is 19.1. The van der Waals surface area contributed by atoms with E-state index in [0.717, 1.165) is 6.07 Å². The van der Waals surface area contributed by atoms with Crippen LogP contribution < -0.4 is 21.3 Å². The Balaban J connectivity index is 2.24. The van der Waals surface area contributed by atoms with Gasteiger partial charge in [-0.05, 0) is 40.2 Å². The molecule has 0 radical (unpaired) electrons. The molecular weight excluding hydrogens is 432 g/mol. The van der Waals surface area contributed by atoms with Gasteiger partial charge in [-0.2, -0.15) is 5.26 Å². The first-order chi connectivity index (χ1) is 15.5. The average molecular weight is 462 g/mol. The highest BCUT2D eigenvalue weighted by molar-refractivity contribution is 5.68. The topological polar surface area (TPSA) is 124 Å². The lowest BCUT2D eigenvalue weighted by Crippen LogP contribution is -2.46. The first-order valence-corrected chi connectivity index (χ1v) is 10.4. The number of hydrogen-bond acceptors (Lipinski definition) is 8. The zero-order valence-electron chi connectivity index (χ0n) is 19.5. The second-order valence-electron chi connectivity index (χ2n) is 8.35. The van der Waals surface area contributed by atoms with Crippen LogP contribution in [0.3, 0.4) is 0 Å². The number of aromatic nitrogens is 2. The van der Waals surface area contributed by atoms with Crippen molar-refractivity contribution in [1.29, 1.82) is 5.26 Å². The summed E-state index contributed by atoms with van der Waals surface area (Å²) in [4.78, 5) is 20.2. The van der Waals surface area contributed by atoms with Crippen molar-refractivity contribution in [3.05, 3.63) is 35.5 Å². The van der Waals surface area contributed by atoms with Gasteiger partial charge in [0.05, 0.1) is 17.4 Å². The van der Waals surface area contributed by atoms with Gasteiger partial charge in [-0.15, -0.1) is 0 Å². The molecule has 0 bridgehead atoms. The highest BCUT2D eigenvalue weighted by Gasteiger charge is 2.23. The van der Waals surface area contributed by atoms with Crippen molar-refractivity contribution in [2.24, 2.45) is 0 Å². The van der Waals surface area contributed by atoms with Crippen molar-refractivity contribution >= 4 is 29.2 Å². The summed E-state index contributed by atoms with van der Waals surface area (Å²) in [5.41, 5.74) is -0.482. The zero-order valence-corrected chi connectivity index (χ0v) is 19.5. The number of alkyl carbamates (subject to hydrolysis) is 1. The Bertz CT molecular complexity index is 1030. The summed E-state index contributed by atoms with van der Waals surface area (Å²) in [6.07, 6.45) is 1.29. The number of carbonyl (C=O) groups excluding carboxylic acids is 1. The third kappa shape index (κ3) is 7.17. The second-order valence-corrected chi connectivity index (χ2v) is 8.35. The molecule has 0 saturated heterocycles. The molecule has 0 aromatic carbocycles. The van der Waals surface area contributed by atoms with Crippen molar-refractivity contribution < 1.29 is 18.3 Å². The number of pyridine rings is 2. The predicted octanol–water partition coefficient (Wildman–Crippen LogP) is 4.52. The number of halogens is 2. The van der Waals surface area contributed by atoms with E-state index >= 15 is 0 Å². The first kappa shape index (κ1) is 25.6. The fraction of sp³-hybridized carbons (Fsp3) is 0.455. The van der Waals surface area contributed by atoms with Crippen LogP contribution in [-0.4, -0.2) is 40.8 Å². The Kier molecular flexibility index (Phi) is 8.34. The molecule has 2 heterocycles. The van der Waals surface area contributed by atoms with Crippen LogP contribution in [0, 0.1) is 23.0 Å². The van der Waals surface area contributed by atoms with Crippen LogP contribution in [0.2, 0.25) is 0 Å². The summed E-state index contributed by atoms with van der Waals surface area (Å²) < 4.78 is 34.0. The lowest BCUT2D eigenvalue weighted by molar-refractivity contribution is 0.0503. The van der Waals surface area contributed by atoms with Crippen molar-refractivity contribution in [2.45, 2.75) is 58.7 Å². The standard InChI is InChI=1S/C22H29F2N7O2/c1-7-17(12(2)28-21(32)33-22(3,4)5)30-20-15(23)8-13(10-25)18(31-20)29-14-9-16(24)19(26-6)27-11-14/h8-9,11-12,17H,7H2,1-6H3,(H,26,27)(H,28,32)(H2,29,30,31)/t12-,17+/m0/s1. The Labute approximate surface area is 192 Å². The summed E-state index contributed by atoms with van der Waals surface area (Å²) in [6, 6.07) is 3.26. The minimum absolute atomic E-state index is 0.0300. The van der Waals surface area contributed by atoms with Crippen LogP contribution >= 0.6 is 0 Å². The SMILES string of the molecule is CC[C@@H](Nc1nc(Nc2cnc(NC)c(F)c2)c(C#N)cc1F)[C@H](C)NC(=O)OC(C)(C)C. The molecule has 2 rings (SSSR count). The molecule has 0 aliphatic rings. The van der Waals surface area contributed by atoms with Crippen LogP contribution in [0.15, 0.2) is 18.3 Å². The van der Waals surface area contributed by atoms with E-state index in [1.54, 1.807) is 27.7 Å². The molecule has 178 valence electrons. The Morgan fingerprint density at radius 1 is 1.21 bits per heavy atom. The van der Waals surface area contributed by atoms with Crippen molar-refractivity contribution in [3.63, 3.8) is 0 Å². The molecule has 2 atom stereocenters. The molecule has 0 fully saturated rings. The van der Waals surface area contributed by atoms with Crippen LogP contribution in [-0.2, 0) is 4.74 Å². The Morgan fingerprint density at radius 2 is 1.88 bits per heavy atom. The lowest BCUT2D eigenvalue weighted by atomic mass is 10.1. The summed E-state index contributed by atoms with van der Waals surface area (Å²) in [5.74, 6) is -1.37. The zero-order chi connectivity index (χ0) is 24.8. The smallest absolute Gasteiger partial charge is 0.407 e. The van der Waals surface area contributed by atoms with E-state index in [2.05, 4.69) is 31.2 Å². The number of ether oxygens (including phenoxy) is 1. The van der Waals surface area contributed by atoms with Gasteiger partial charge < -0.3 is 26.0 Å². The second kappa shape index (κ2) is 10.8. The fourth-order valence-electron chi connectivity index (χ4n) is 2.95. The van der Waals surface area contributed by atoms with E-state index in [9.17, 15) is 18.8 Å². The van der Waals surface area contributed by atoms with Crippen molar-refractivity contribution in [1.82, 2.24) is 15.3 Å². The van der Waals surface area contributed by atoms with E-state index in [1.807, 2.05) is 13.0 Å². The van der Waals surface area contributed by atoms with Gasteiger partial charge in [-0.1, -0.05) is 6.92 Å². The van der Waals surface area contributed by atoms with E-state index in [1.165, 1.54) is 19.3 Å². The summed E-state index contributed by atoms with van der Waals surface area (Å²) in [6.45, 7) is 8.88. The van der Waals surface area contributed by atoms with Crippen LogP contribution in [0.5, 0.6) is 0 Å². The summed E-state index contributed by atoms with van der Waals surface area (Å²) in [5, 5.41) is 20.5. The monoisotopic (exact) mass is 461 g/mol. The largest absolute Gasteiger partial charge is 0.444 e. The van der Waals surface area contributed by atoms with Gasteiger partial charge >= 0.3 is 6.09 Å². The number of nitrogens with one attached hydrogen (secondary N) is 4. The third-order valence-corrected chi connectivity index (χ3v) is 4.55. The van der Waals surface area contributed by atoms with Gasteiger partial charge in [0, 0.05) is 25.2 Å². The molecule has 33 heavy (non-hydrogen) atoms. The number of hydrogen-bond donors (Lipinski definition) is 4. The van der Waals surface area contributed by atoms with E-state index in [4.69, 9.17) is 4.74 Å². The van der Waals surface area contributed by atoms with Crippen molar-refractivity contribution in [2.75, 3.05) is 23.0 Å². The van der Waals surface area contributed by atoms with E-state index < -0.39 is 35.4 Å². The molecule has 4 N–H and O–H groups in total. The summed E-state index contributed by atoms with van der Waals surface area (Å²) >= 11 is 0. The number of amides is 1. The number of rotatable bonds is 8. The highest BCUT2D eigenvalue weighted by Crippen LogP contribution is 2.25. The van der Waals surface area contributed by atoms with E-state index in [0.29, 0.717) is 6.42 Å². The Hall–Kier alpha value is -3.68. The maximum atomic E-state index is 14.7. The van der Waals surface area contributed by atoms with Crippen molar-refractivity contribution in [3.8, 4) is 6.07 Å². The molecule has 0 aliphatic heterocycles. The Morgan fingerprint density at radius 3 is 2.42 bits per heavy atom. The number of nitriles is 1. The van der Waals surface area contributed by atoms with Crippen LogP contribution in [0.4, 0.5) is 36.7 Å². The molecule has 9 nitrogen and oxygen atoms in total. The maximum Gasteiger partial charge on any atom is 0.407 e.